The average Bonchev–Trinajstić information content (AvgIpc) is 2.41. The largest absolute Gasteiger partial charge is 0.380 e. The summed E-state index contributed by atoms with van der Waals surface area (Å²) in [7, 11) is 2.11. The van der Waals surface area contributed by atoms with Gasteiger partial charge in [-0.05, 0) is 35.2 Å². The van der Waals surface area contributed by atoms with E-state index in [4.69, 9.17) is 5.41 Å². The maximum Gasteiger partial charge on any atom is 0.0362 e. The van der Waals surface area contributed by atoms with E-state index in [1.165, 1.54) is 6.42 Å². The fourth-order valence-corrected chi connectivity index (χ4v) is 3.36. The van der Waals surface area contributed by atoms with Crippen LogP contribution in [0.3, 0.4) is 0 Å². The Hall–Kier alpha value is -0.790. The number of nitrogens with zero attached hydrogens (tertiary/aromatic N) is 1. The molecule has 0 aliphatic carbocycles. The SMILES string of the molecule is CC[C@@H](C)CN(C)/C=C\C(=N)C(C)C(C)(CC(C)C)C(C)(C)C. The van der Waals surface area contributed by atoms with Gasteiger partial charge >= 0.3 is 0 Å². The van der Waals surface area contributed by atoms with Gasteiger partial charge in [0.25, 0.3) is 0 Å². The molecule has 0 spiro atoms. The van der Waals surface area contributed by atoms with Crippen molar-refractivity contribution in [2.24, 2.45) is 28.6 Å². The van der Waals surface area contributed by atoms with Gasteiger partial charge in [-0.1, -0.05) is 68.7 Å². The van der Waals surface area contributed by atoms with Gasteiger partial charge in [-0.3, -0.25) is 0 Å². The lowest BCUT2D eigenvalue weighted by atomic mass is 9.57. The van der Waals surface area contributed by atoms with Gasteiger partial charge in [-0.2, -0.15) is 0 Å². The molecule has 0 saturated heterocycles. The summed E-state index contributed by atoms with van der Waals surface area (Å²) < 4.78 is 0. The minimum absolute atomic E-state index is 0.123. The fourth-order valence-electron chi connectivity index (χ4n) is 3.36. The zero-order chi connectivity index (χ0) is 18.4. The summed E-state index contributed by atoms with van der Waals surface area (Å²) in [5.74, 6) is 1.58. The van der Waals surface area contributed by atoms with Crippen molar-refractivity contribution < 1.29 is 0 Å². The van der Waals surface area contributed by atoms with Crippen LogP contribution in [0.2, 0.25) is 0 Å². The van der Waals surface area contributed by atoms with Crippen LogP contribution in [-0.4, -0.2) is 24.2 Å². The van der Waals surface area contributed by atoms with Crippen LogP contribution in [0.4, 0.5) is 0 Å². The quantitative estimate of drug-likeness (QED) is 0.500. The molecule has 2 nitrogen and oxygen atoms in total. The van der Waals surface area contributed by atoms with Crippen LogP contribution in [0.1, 0.15) is 75.2 Å². The van der Waals surface area contributed by atoms with Gasteiger partial charge in [0.1, 0.15) is 0 Å². The number of nitrogens with one attached hydrogen (secondary N) is 1. The molecule has 23 heavy (non-hydrogen) atoms. The van der Waals surface area contributed by atoms with Crippen molar-refractivity contribution in [3.63, 3.8) is 0 Å². The molecule has 0 aromatic rings. The highest BCUT2D eigenvalue weighted by atomic mass is 15.1. The number of hydrogen-bond donors (Lipinski definition) is 1. The maximum absolute atomic E-state index is 8.58. The molecule has 0 aliphatic rings. The van der Waals surface area contributed by atoms with E-state index in [1.54, 1.807) is 0 Å². The third-order valence-corrected chi connectivity index (χ3v) is 5.77. The van der Waals surface area contributed by atoms with Gasteiger partial charge < -0.3 is 10.3 Å². The fraction of sp³-hybridized carbons (Fsp3) is 0.857. The first-order valence-corrected chi connectivity index (χ1v) is 9.32. The highest BCUT2D eigenvalue weighted by Gasteiger charge is 2.43. The topological polar surface area (TPSA) is 27.1 Å². The minimum atomic E-state index is 0.123. The highest BCUT2D eigenvalue weighted by molar-refractivity contribution is 5.94. The molecule has 2 unspecified atom stereocenters. The molecule has 1 N–H and O–H groups in total. The van der Waals surface area contributed by atoms with Gasteiger partial charge in [0.15, 0.2) is 0 Å². The van der Waals surface area contributed by atoms with Crippen LogP contribution >= 0.6 is 0 Å². The molecule has 0 aromatic carbocycles. The van der Waals surface area contributed by atoms with Gasteiger partial charge in [0, 0.05) is 31.4 Å². The molecule has 0 heterocycles. The molecule has 3 atom stereocenters. The van der Waals surface area contributed by atoms with Crippen molar-refractivity contribution in [2.75, 3.05) is 13.6 Å². The molecule has 0 saturated carbocycles. The Morgan fingerprint density at radius 1 is 1.09 bits per heavy atom. The minimum Gasteiger partial charge on any atom is -0.380 e. The summed E-state index contributed by atoms with van der Waals surface area (Å²) in [5.41, 5.74) is 1.05. The van der Waals surface area contributed by atoms with Crippen molar-refractivity contribution in [3.8, 4) is 0 Å². The normalized spacial score (nSPS) is 18.0. The average molecular weight is 323 g/mol. The Kier molecular flexibility index (Phi) is 8.59. The smallest absolute Gasteiger partial charge is 0.0362 e. The molecule has 0 aromatic heterocycles. The van der Waals surface area contributed by atoms with Crippen LogP contribution in [0.5, 0.6) is 0 Å². The van der Waals surface area contributed by atoms with E-state index in [2.05, 4.69) is 80.5 Å². The molecular formula is C21H42N2. The first-order chi connectivity index (χ1) is 10.3. The highest BCUT2D eigenvalue weighted by Crippen LogP contribution is 2.49. The Labute approximate surface area is 146 Å². The van der Waals surface area contributed by atoms with E-state index in [9.17, 15) is 0 Å². The monoisotopic (exact) mass is 322 g/mol. The maximum atomic E-state index is 8.58. The van der Waals surface area contributed by atoms with Crippen LogP contribution in [0, 0.1) is 34.0 Å². The Balaban J connectivity index is 5.09. The van der Waals surface area contributed by atoms with Crippen LogP contribution < -0.4 is 0 Å². The van der Waals surface area contributed by atoms with Crippen molar-refractivity contribution >= 4 is 5.71 Å². The summed E-state index contributed by atoms with van der Waals surface area (Å²) in [6, 6.07) is 0. The van der Waals surface area contributed by atoms with Crippen LogP contribution in [-0.2, 0) is 0 Å². The van der Waals surface area contributed by atoms with E-state index in [0.717, 1.165) is 18.7 Å². The Morgan fingerprint density at radius 2 is 1.61 bits per heavy atom. The first-order valence-electron chi connectivity index (χ1n) is 9.32. The summed E-state index contributed by atoms with van der Waals surface area (Å²) in [4.78, 5) is 2.21. The van der Waals surface area contributed by atoms with Gasteiger partial charge in [0.2, 0.25) is 0 Å². The van der Waals surface area contributed by atoms with Crippen molar-refractivity contribution in [3.05, 3.63) is 12.3 Å². The Bertz CT molecular complexity index is 389. The molecule has 2 heteroatoms. The zero-order valence-electron chi connectivity index (χ0n) is 17.5. The lowest BCUT2D eigenvalue weighted by molar-refractivity contribution is 0.0481. The number of allylic oxidation sites excluding steroid dienone is 1. The summed E-state index contributed by atoms with van der Waals surface area (Å²) in [6.45, 7) is 21.7. The summed E-state index contributed by atoms with van der Waals surface area (Å²) >= 11 is 0. The van der Waals surface area contributed by atoms with E-state index >= 15 is 0 Å². The lowest BCUT2D eigenvalue weighted by Crippen LogP contribution is -2.42. The van der Waals surface area contributed by atoms with E-state index < -0.39 is 0 Å². The number of hydrogen-bond acceptors (Lipinski definition) is 2. The van der Waals surface area contributed by atoms with Crippen LogP contribution in [0.25, 0.3) is 0 Å². The van der Waals surface area contributed by atoms with E-state index in [0.29, 0.717) is 11.8 Å². The van der Waals surface area contributed by atoms with Gasteiger partial charge in [-0.15, -0.1) is 0 Å². The Morgan fingerprint density at radius 3 is 2.00 bits per heavy atom. The molecular weight excluding hydrogens is 280 g/mol. The predicted molar refractivity (Wildman–Crippen MR) is 105 cm³/mol. The first kappa shape index (κ1) is 22.2. The summed E-state index contributed by atoms with van der Waals surface area (Å²) in [5, 5.41) is 8.58. The molecule has 0 amide bonds. The van der Waals surface area contributed by atoms with Crippen molar-refractivity contribution in [1.82, 2.24) is 4.90 Å². The van der Waals surface area contributed by atoms with Gasteiger partial charge in [-0.25, -0.2) is 0 Å². The van der Waals surface area contributed by atoms with E-state index in [1.807, 2.05) is 6.08 Å². The van der Waals surface area contributed by atoms with Crippen molar-refractivity contribution in [1.29, 1.82) is 5.41 Å². The lowest BCUT2D eigenvalue weighted by Gasteiger charge is -2.48. The number of rotatable bonds is 9. The molecule has 0 aliphatic heterocycles. The standard InChI is InChI=1S/C21H42N2/c1-11-17(4)15-23(10)13-12-19(22)18(5)21(9,14-16(2)3)20(6,7)8/h12-13,16-18,22H,11,14-15H2,1-10H3/b13-12-,22-19?/t17-,18?,21?/m1/s1. The molecule has 0 radical (unpaired) electrons. The second-order valence-electron chi connectivity index (χ2n) is 9.21. The zero-order valence-corrected chi connectivity index (χ0v) is 17.5. The summed E-state index contributed by atoms with van der Waals surface area (Å²) in [6.07, 6.45) is 6.44. The molecule has 0 rings (SSSR count). The molecule has 0 bridgehead atoms. The molecule has 0 fully saturated rings. The predicted octanol–water partition coefficient (Wildman–Crippen LogP) is 6.23. The van der Waals surface area contributed by atoms with Crippen molar-refractivity contribution in [2.45, 2.75) is 75.2 Å². The third-order valence-electron chi connectivity index (χ3n) is 5.77. The van der Waals surface area contributed by atoms with E-state index in [-0.39, 0.29) is 16.7 Å². The second-order valence-corrected chi connectivity index (χ2v) is 9.21. The molecule has 136 valence electrons. The third kappa shape index (κ3) is 6.69. The van der Waals surface area contributed by atoms with Gasteiger partial charge in [0.05, 0.1) is 0 Å². The van der Waals surface area contributed by atoms with Crippen LogP contribution in [0.15, 0.2) is 12.3 Å². The second kappa shape index (κ2) is 8.89.